The van der Waals surface area contributed by atoms with Crippen molar-refractivity contribution in [3.63, 3.8) is 0 Å². The average molecular weight is 1060 g/mol. The Labute approximate surface area is 454 Å². The number of halogens is 3. The van der Waals surface area contributed by atoms with Crippen molar-refractivity contribution < 1.29 is 32.6 Å². The van der Waals surface area contributed by atoms with Gasteiger partial charge in [0.25, 0.3) is 5.91 Å². The summed E-state index contributed by atoms with van der Waals surface area (Å²) in [6.45, 7) is 13.5. The number of carbonyl (C=O) groups is 2. The number of aliphatic hydroxyl groups excluding tert-OH is 1. The van der Waals surface area contributed by atoms with Crippen molar-refractivity contribution in [3.05, 3.63) is 131 Å². The fourth-order valence-corrected chi connectivity index (χ4v) is 11.8. The van der Waals surface area contributed by atoms with E-state index in [0.717, 1.165) is 126 Å². The van der Waals surface area contributed by atoms with E-state index in [2.05, 4.69) is 104 Å². The summed E-state index contributed by atoms with van der Waals surface area (Å²) in [5, 5.41) is 19.7. The molecule has 0 spiro atoms. The molecule has 2 saturated heterocycles. The first-order valence-electron chi connectivity index (χ1n) is 28.0. The molecule has 2 aliphatic carbocycles. The largest absolute Gasteiger partial charge is 0.444 e. The van der Waals surface area contributed by atoms with Crippen LogP contribution >= 0.6 is 0 Å². The standard InChI is InChI=1S/C62H72F3N9O4/c1-40-29-44(11-21-53(40)48-16-22-56-49(30-48)38-73(69-56)35-43-5-6-43)34-72(60(77)78-61(2,3)4)33-42-9-14-47(15-10-42)58(76)71-36-50(37-71)45-23-27-70(28-24-45)32-41-7-12-46(13-8-41)55-39-74(51-17-19-52(75)20-18-51)57-54(55)31-67-59(68-57)66-26-25-62(63,64)65/h7-16,21-22,29-31,38-39,43,45,50-52,75H,5-6,17-20,23-28,32-37H2,1-4H3,(H,66,67,68)/t51-,52-. The number of fused-ring (bicyclic) bond motifs is 2. The lowest BCUT2D eigenvalue weighted by molar-refractivity contribution is -0.131. The number of ether oxygens (including phenoxy) is 1. The first kappa shape index (κ1) is 53.2. The second-order valence-corrected chi connectivity index (χ2v) is 23.7. The van der Waals surface area contributed by atoms with E-state index < -0.39 is 24.3 Å². The van der Waals surface area contributed by atoms with Crippen molar-refractivity contribution >= 4 is 39.9 Å². The lowest BCUT2D eigenvalue weighted by Gasteiger charge is -2.46. The molecule has 16 heteroatoms. The van der Waals surface area contributed by atoms with Gasteiger partial charge in [-0.15, -0.1) is 0 Å². The molecule has 11 rings (SSSR count). The predicted molar refractivity (Wildman–Crippen MR) is 298 cm³/mol. The van der Waals surface area contributed by atoms with Crippen LogP contribution < -0.4 is 5.32 Å². The van der Waals surface area contributed by atoms with Crippen molar-refractivity contribution in [2.24, 2.45) is 17.8 Å². The van der Waals surface area contributed by atoms with Crippen LogP contribution in [0.2, 0.25) is 0 Å². The van der Waals surface area contributed by atoms with E-state index in [1.165, 1.54) is 18.4 Å². The highest BCUT2D eigenvalue weighted by atomic mass is 19.4. The first-order chi connectivity index (χ1) is 37.4. The summed E-state index contributed by atoms with van der Waals surface area (Å²) in [6, 6.07) is 29.2. The Morgan fingerprint density at radius 2 is 1.47 bits per heavy atom. The number of aromatic nitrogens is 5. The minimum absolute atomic E-state index is 0.0389. The minimum Gasteiger partial charge on any atom is -0.444 e. The Bertz CT molecular complexity index is 3250. The Kier molecular flexibility index (Phi) is 15.1. The third-order valence-electron chi connectivity index (χ3n) is 16.4. The Hall–Kier alpha value is -6.78. The molecule has 0 bridgehead atoms. The van der Waals surface area contributed by atoms with E-state index in [1.54, 1.807) is 11.1 Å². The van der Waals surface area contributed by atoms with E-state index >= 15 is 0 Å². The lowest BCUT2D eigenvalue weighted by Crippen LogP contribution is -2.54. The van der Waals surface area contributed by atoms with Gasteiger partial charge < -0.3 is 24.6 Å². The Balaban J connectivity index is 0.664. The molecule has 7 aromatic rings. The minimum atomic E-state index is -4.27. The third-order valence-corrected chi connectivity index (χ3v) is 16.4. The molecular weight excluding hydrogens is 992 g/mol. The molecule has 78 heavy (non-hydrogen) atoms. The van der Waals surface area contributed by atoms with Crippen molar-refractivity contribution in [1.29, 1.82) is 0 Å². The second kappa shape index (κ2) is 22.2. The van der Waals surface area contributed by atoms with E-state index in [4.69, 9.17) is 14.8 Å². The van der Waals surface area contributed by atoms with Crippen LogP contribution in [0.15, 0.2) is 104 Å². The Morgan fingerprint density at radius 3 is 2.17 bits per heavy atom. The van der Waals surface area contributed by atoms with Gasteiger partial charge in [-0.3, -0.25) is 19.3 Å². The molecule has 4 aliphatic rings. The molecule has 3 aromatic heterocycles. The second-order valence-electron chi connectivity index (χ2n) is 23.7. The van der Waals surface area contributed by atoms with Gasteiger partial charge in [0.2, 0.25) is 5.95 Å². The van der Waals surface area contributed by atoms with Crippen LogP contribution in [0.1, 0.15) is 117 Å². The number of amides is 2. The number of hydrogen-bond acceptors (Lipinski definition) is 9. The van der Waals surface area contributed by atoms with Gasteiger partial charge in [0.15, 0.2) is 0 Å². The number of hydrogen-bond donors (Lipinski definition) is 2. The van der Waals surface area contributed by atoms with Crippen LogP contribution in [-0.4, -0.2) is 107 Å². The molecule has 0 atom stereocenters. The van der Waals surface area contributed by atoms with Gasteiger partial charge in [-0.05, 0) is 173 Å². The molecule has 2 saturated carbocycles. The molecule has 410 valence electrons. The van der Waals surface area contributed by atoms with E-state index in [1.807, 2.05) is 49.9 Å². The summed E-state index contributed by atoms with van der Waals surface area (Å²) >= 11 is 0. The average Bonchev–Trinajstić information content (AvgIpc) is 4.15. The van der Waals surface area contributed by atoms with Gasteiger partial charge in [-0.1, -0.05) is 60.7 Å². The zero-order valence-electron chi connectivity index (χ0n) is 45.3. The number of aliphatic hydroxyl groups is 1. The maximum atomic E-state index is 13.7. The number of likely N-dealkylation sites (tertiary alicyclic amines) is 2. The summed E-state index contributed by atoms with van der Waals surface area (Å²) in [7, 11) is 0. The van der Waals surface area contributed by atoms with Crippen LogP contribution in [0, 0.1) is 24.7 Å². The van der Waals surface area contributed by atoms with Crippen LogP contribution in [0.25, 0.3) is 44.2 Å². The summed E-state index contributed by atoms with van der Waals surface area (Å²) in [4.78, 5) is 42.7. The van der Waals surface area contributed by atoms with Crippen LogP contribution in [0.3, 0.4) is 0 Å². The fourth-order valence-electron chi connectivity index (χ4n) is 11.8. The van der Waals surface area contributed by atoms with E-state index in [9.17, 15) is 27.9 Å². The van der Waals surface area contributed by atoms with E-state index in [0.29, 0.717) is 49.0 Å². The maximum absolute atomic E-state index is 13.7. The van der Waals surface area contributed by atoms with Crippen molar-refractivity contribution in [1.82, 2.24) is 39.0 Å². The molecule has 2 aliphatic heterocycles. The predicted octanol–water partition coefficient (Wildman–Crippen LogP) is 12.6. The summed E-state index contributed by atoms with van der Waals surface area (Å²) in [6.07, 6.45) is 7.71. The monoisotopic (exact) mass is 1060 g/mol. The van der Waals surface area contributed by atoms with Gasteiger partial charge in [-0.25, -0.2) is 9.78 Å². The summed E-state index contributed by atoms with van der Waals surface area (Å²) < 4.78 is 48.7. The number of anilines is 1. The van der Waals surface area contributed by atoms with Crippen LogP contribution in [0.5, 0.6) is 0 Å². The normalized spacial score (nSPS) is 18.8. The number of nitrogens with one attached hydrogen (secondary N) is 1. The van der Waals surface area contributed by atoms with Gasteiger partial charge in [0.1, 0.15) is 11.2 Å². The van der Waals surface area contributed by atoms with Crippen LogP contribution in [0.4, 0.5) is 23.9 Å². The van der Waals surface area contributed by atoms with Gasteiger partial charge in [0, 0.05) is 92.3 Å². The number of nitrogens with zero attached hydrogens (tertiary/aromatic N) is 8. The van der Waals surface area contributed by atoms with Gasteiger partial charge >= 0.3 is 12.3 Å². The zero-order chi connectivity index (χ0) is 54.3. The molecule has 4 fully saturated rings. The van der Waals surface area contributed by atoms with Gasteiger partial charge in [0.05, 0.1) is 18.0 Å². The molecule has 0 unspecified atom stereocenters. The molecule has 0 radical (unpaired) electrons. The number of alkyl halides is 3. The smallest absolute Gasteiger partial charge is 0.410 e. The van der Waals surface area contributed by atoms with Crippen LogP contribution in [-0.2, 0) is 30.9 Å². The van der Waals surface area contributed by atoms with Crippen molar-refractivity contribution in [3.8, 4) is 22.3 Å². The van der Waals surface area contributed by atoms with Gasteiger partial charge in [-0.2, -0.15) is 23.3 Å². The maximum Gasteiger partial charge on any atom is 0.410 e. The highest BCUT2D eigenvalue weighted by Gasteiger charge is 2.38. The van der Waals surface area contributed by atoms with Crippen molar-refractivity contribution in [2.75, 3.05) is 38.0 Å². The van der Waals surface area contributed by atoms with E-state index in [-0.39, 0.29) is 30.5 Å². The molecule has 2 N–H and O–H groups in total. The molecule has 13 nitrogen and oxygen atoms in total. The molecule has 4 aromatic carbocycles. The summed E-state index contributed by atoms with van der Waals surface area (Å²) in [5.74, 6) is 2.02. The SMILES string of the molecule is Cc1cc(CN(Cc2ccc(C(=O)N3CC(C4CCN(Cc5ccc(-c6cn([C@H]7CC[C@H](O)CC7)c7nc(NCCC(F)(F)F)ncc67)cc5)CC4)C3)cc2)C(=O)OC(C)(C)C)ccc1-c1ccc2nn(CC3CC3)cc2c1. The fraction of sp³-hybridized carbons (Fsp3) is 0.468. The zero-order valence-corrected chi connectivity index (χ0v) is 45.3. The topological polar surface area (TPSA) is 134 Å². The number of rotatable bonds is 16. The highest BCUT2D eigenvalue weighted by Crippen LogP contribution is 2.39. The number of aryl methyl sites for hydroxylation is 1. The highest BCUT2D eigenvalue weighted by molar-refractivity contribution is 5.95. The lowest BCUT2D eigenvalue weighted by atomic mass is 9.79. The summed E-state index contributed by atoms with van der Waals surface area (Å²) in [5.41, 5.74) is 10.2. The molecule has 2 amide bonds. The number of carbonyl (C=O) groups excluding carboxylic acids is 2. The number of piperidine rings is 1. The van der Waals surface area contributed by atoms with Crippen molar-refractivity contribution in [2.45, 2.75) is 136 Å². The quantitative estimate of drug-likeness (QED) is 0.0970. The molecule has 5 heterocycles. The third kappa shape index (κ3) is 12.7. The number of benzene rings is 4. The molecular formula is C62H72F3N9O4. The first-order valence-corrected chi connectivity index (χ1v) is 28.0. The Morgan fingerprint density at radius 1 is 0.782 bits per heavy atom.